The summed E-state index contributed by atoms with van der Waals surface area (Å²) in [6, 6.07) is 56.5. The first-order valence-corrected chi connectivity index (χ1v) is 27.5. The third-order valence-electron chi connectivity index (χ3n) is 18.5. The zero-order valence-electron chi connectivity index (χ0n) is 46.1. The lowest BCUT2D eigenvalue weighted by Crippen LogP contribution is -2.62. The predicted octanol–water partition coefficient (Wildman–Crippen LogP) is 17.6. The van der Waals surface area contributed by atoms with Crippen molar-refractivity contribution in [3.05, 3.63) is 185 Å². The molecule has 0 fully saturated rings. The second kappa shape index (κ2) is 15.9. The molecule has 4 heteroatoms. The normalized spacial score (nSPS) is 17.7. The van der Waals surface area contributed by atoms with E-state index in [2.05, 4.69) is 245 Å². The Hall–Kier alpha value is -6.78. The number of anilines is 6. The Kier molecular flexibility index (Phi) is 10.1. The van der Waals surface area contributed by atoms with Gasteiger partial charge >= 0.3 is 0 Å². The van der Waals surface area contributed by atoms with E-state index in [1.807, 2.05) is 0 Å². The molecule has 2 aliphatic heterocycles. The van der Waals surface area contributed by atoms with Gasteiger partial charge in [-0.2, -0.15) is 0 Å². The number of benzene rings is 8. The van der Waals surface area contributed by atoms with Gasteiger partial charge in [0.15, 0.2) is 0 Å². The highest BCUT2D eigenvalue weighted by molar-refractivity contribution is 7.00. The third kappa shape index (κ3) is 6.99. The van der Waals surface area contributed by atoms with Crippen LogP contribution in [0, 0.1) is 13.8 Å². The Morgan fingerprint density at radius 3 is 1.68 bits per heavy atom. The van der Waals surface area contributed by atoms with Crippen LogP contribution in [0.15, 0.2) is 150 Å². The lowest BCUT2D eigenvalue weighted by atomic mass is 9.33. The molecular formula is C70H71BN2O. The van der Waals surface area contributed by atoms with Crippen LogP contribution >= 0.6 is 0 Å². The van der Waals surface area contributed by atoms with Crippen LogP contribution in [0.5, 0.6) is 0 Å². The van der Waals surface area contributed by atoms with E-state index in [0.717, 1.165) is 35.8 Å². The minimum Gasteiger partial charge on any atom is -0.456 e. The molecule has 0 N–H and O–H groups in total. The summed E-state index contributed by atoms with van der Waals surface area (Å²) < 4.78 is 6.54. The Morgan fingerprint density at radius 1 is 0.446 bits per heavy atom. The molecular weight excluding hydrogens is 896 g/mol. The fraction of sp³-hybridized carbons (Fsp3) is 0.314. The topological polar surface area (TPSA) is 19.6 Å². The summed E-state index contributed by atoms with van der Waals surface area (Å²) in [5, 5.41) is 2.32. The van der Waals surface area contributed by atoms with Crippen LogP contribution in [0.25, 0.3) is 44.2 Å². The largest absolute Gasteiger partial charge is 0.456 e. The summed E-state index contributed by atoms with van der Waals surface area (Å²) in [6.45, 7) is 31.5. The molecule has 9 aromatic rings. The molecule has 0 saturated heterocycles. The zero-order chi connectivity index (χ0) is 51.6. The van der Waals surface area contributed by atoms with E-state index < -0.39 is 0 Å². The van der Waals surface area contributed by atoms with Crippen molar-refractivity contribution < 1.29 is 4.42 Å². The van der Waals surface area contributed by atoms with Gasteiger partial charge in [0, 0.05) is 44.8 Å². The average Bonchev–Trinajstić information content (AvgIpc) is 3.75. The van der Waals surface area contributed by atoms with Crippen LogP contribution in [0.3, 0.4) is 0 Å². The molecule has 4 aliphatic rings. The van der Waals surface area contributed by atoms with Crippen LogP contribution < -0.4 is 26.2 Å². The maximum absolute atomic E-state index is 6.54. The lowest BCUT2D eigenvalue weighted by molar-refractivity contribution is 0.332. The Morgan fingerprint density at radius 2 is 1.01 bits per heavy atom. The molecule has 0 bridgehead atoms. The van der Waals surface area contributed by atoms with Gasteiger partial charge in [-0.25, -0.2) is 0 Å². The maximum Gasteiger partial charge on any atom is 0.252 e. The highest BCUT2D eigenvalue weighted by Crippen LogP contribution is 2.54. The first-order chi connectivity index (χ1) is 35.1. The van der Waals surface area contributed by atoms with Gasteiger partial charge in [0.25, 0.3) is 6.71 Å². The van der Waals surface area contributed by atoms with E-state index in [1.54, 1.807) is 0 Å². The molecule has 3 nitrogen and oxygen atoms in total. The van der Waals surface area contributed by atoms with Gasteiger partial charge in [-0.05, 0) is 193 Å². The van der Waals surface area contributed by atoms with Crippen molar-refractivity contribution in [1.29, 1.82) is 0 Å². The van der Waals surface area contributed by atoms with E-state index in [-0.39, 0.29) is 33.8 Å². The van der Waals surface area contributed by atoms with Gasteiger partial charge in [0.1, 0.15) is 11.2 Å². The van der Waals surface area contributed by atoms with Crippen molar-refractivity contribution in [2.75, 3.05) is 9.80 Å². The molecule has 2 aliphatic carbocycles. The molecule has 8 aromatic carbocycles. The molecule has 0 amide bonds. The molecule has 0 radical (unpaired) electrons. The summed E-state index contributed by atoms with van der Waals surface area (Å²) in [5.74, 6) is 0. The predicted molar refractivity (Wildman–Crippen MR) is 317 cm³/mol. The summed E-state index contributed by atoms with van der Waals surface area (Å²) in [6.07, 6.45) is 4.64. The van der Waals surface area contributed by atoms with Crippen molar-refractivity contribution in [3.63, 3.8) is 0 Å². The van der Waals surface area contributed by atoms with Crippen LogP contribution in [0.2, 0.25) is 0 Å². The van der Waals surface area contributed by atoms with Gasteiger partial charge in [0.2, 0.25) is 0 Å². The van der Waals surface area contributed by atoms with E-state index in [9.17, 15) is 0 Å². The minimum atomic E-state index is -0.0278. The summed E-state index contributed by atoms with van der Waals surface area (Å²) >= 11 is 0. The van der Waals surface area contributed by atoms with Crippen LogP contribution in [0.4, 0.5) is 34.1 Å². The minimum absolute atomic E-state index is 0.0166. The second-order valence-electron chi connectivity index (χ2n) is 26.4. The first kappa shape index (κ1) is 47.0. The quantitative estimate of drug-likeness (QED) is 0.164. The summed E-state index contributed by atoms with van der Waals surface area (Å²) in [7, 11) is 0. The molecule has 0 saturated carbocycles. The van der Waals surface area contributed by atoms with E-state index >= 15 is 0 Å². The SMILES string of the molecule is Cc1cc2c3c(c1)N(c1ccc(C(C)(C)C)cc1-c1ccccc1)c1cc4c(cc1B3c1ccc(-c3cccc5oc6ccccc6c35)cc1N2c1cc2c(cc1C)C(C)(C)CCC2(C)C)C(C)(C)CCC4(C)C. The van der Waals surface area contributed by atoms with E-state index in [4.69, 9.17) is 4.42 Å². The standard InChI is InChI=1S/C70H71BN2O/c1-42-34-60-65-61(35-42)73(57-40-52-50(36-43(57)2)67(6,7)30-32-69(52,10)11)58-37-45(47-23-19-25-63-64(47)48-22-17-18-24-62(48)74-63)26-28-54(58)71(65)55-39-51-53(70(12,13)33-31-68(51,8)9)41-59(55)72(60)56-29-27-46(66(3,4)5)38-49(56)44-20-15-14-16-21-44/h14-29,34-41H,30-33H2,1-13H3. The fourth-order valence-corrected chi connectivity index (χ4v) is 13.9. The Bertz CT molecular complexity index is 3820. The summed E-state index contributed by atoms with van der Waals surface area (Å²) in [4.78, 5) is 5.38. The maximum atomic E-state index is 6.54. The van der Waals surface area contributed by atoms with E-state index in [1.165, 1.54) is 124 Å². The lowest BCUT2D eigenvalue weighted by Gasteiger charge is -2.48. The van der Waals surface area contributed by atoms with Gasteiger partial charge in [-0.3, -0.25) is 0 Å². The fourth-order valence-electron chi connectivity index (χ4n) is 13.9. The molecule has 0 spiro atoms. The van der Waals surface area contributed by atoms with Crippen molar-refractivity contribution in [3.8, 4) is 22.3 Å². The monoisotopic (exact) mass is 967 g/mol. The van der Waals surface area contributed by atoms with Gasteiger partial charge < -0.3 is 14.2 Å². The smallest absolute Gasteiger partial charge is 0.252 e. The molecule has 1 aromatic heterocycles. The molecule has 0 atom stereocenters. The summed E-state index contributed by atoms with van der Waals surface area (Å²) in [5.41, 5.74) is 28.3. The number of nitrogens with zero attached hydrogens (tertiary/aromatic N) is 2. The Labute approximate surface area is 440 Å². The van der Waals surface area contributed by atoms with Gasteiger partial charge in [-0.15, -0.1) is 0 Å². The highest BCUT2D eigenvalue weighted by atomic mass is 16.3. The van der Waals surface area contributed by atoms with Crippen LogP contribution in [-0.2, 0) is 27.1 Å². The number of furan rings is 1. The van der Waals surface area contributed by atoms with Crippen molar-refractivity contribution in [2.24, 2.45) is 0 Å². The number of rotatable bonds is 4. The third-order valence-corrected chi connectivity index (χ3v) is 18.5. The van der Waals surface area contributed by atoms with Crippen molar-refractivity contribution in [2.45, 2.75) is 143 Å². The highest BCUT2D eigenvalue weighted by Gasteiger charge is 2.48. The number of hydrogen-bond acceptors (Lipinski definition) is 3. The molecule has 13 rings (SSSR count). The molecule has 3 heterocycles. The van der Waals surface area contributed by atoms with Crippen LogP contribution in [-0.4, -0.2) is 6.71 Å². The number of fused-ring (bicyclic) bond motifs is 9. The van der Waals surface area contributed by atoms with E-state index in [0.29, 0.717) is 0 Å². The van der Waals surface area contributed by atoms with Crippen molar-refractivity contribution >= 4 is 79.2 Å². The number of hydrogen-bond donors (Lipinski definition) is 0. The number of aryl methyl sites for hydroxylation is 2. The second-order valence-corrected chi connectivity index (χ2v) is 26.4. The van der Waals surface area contributed by atoms with Crippen molar-refractivity contribution in [1.82, 2.24) is 0 Å². The average molecular weight is 967 g/mol. The Balaban J connectivity index is 1.16. The molecule has 74 heavy (non-hydrogen) atoms. The first-order valence-electron chi connectivity index (χ1n) is 27.5. The van der Waals surface area contributed by atoms with Gasteiger partial charge in [0.05, 0.1) is 5.69 Å². The molecule has 0 unspecified atom stereocenters. The molecule has 370 valence electrons. The zero-order valence-corrected chi connectivity index (χ0v) is 46.1. The number of para-hydroxylation sites is 1. The van der Waals surface area contributed by atoms with Crippen LogP contribution in [0.1, 0.15) is 141 Å². The van der Waals surface area contributed by atoms with Gasteiger partial charge in [-0.1, -0.05) is 167 Å².